The van der Waals surface area contributed by atoms with Crippen molar-refractivity contribution in [1.82, 2.24) is 0 Å². The van der Waals surface area contributed by atoms with Gasteiger partial charge in [-0.05, 0) is 24.3 Å². The fourth-order valence-electron chi connectivity index (χ4n) is 1.72. The fourth-order valence-corrected chi connectivity index (χ4v) is 3.24. The molecule has 1 nitrogen and oxygen atoms in total. The molecule has 0 radical (unpaired) electrons. The minimum absolute atomic E-state index is 0.366. The summed E-state index contributed by atoms with van der Waals surface area (Å²) in [5.74, 6) is 0. The van der Waals surface area contributed by atoms with E-state index in [0.29, 0.717) is 5.41 Å². The second-order valence-electron chi connectivity index (χ2n) is 3.69. The summed E-state index contributed by atoms with van der Waals surface area (Å²) in [7, 11) is 0. The first-order valence-corrected chi connectivity index (χ1v) is 6.51. The van der Waals surface area contributed by atoms with Gasteiger partial charge < -0.3 is 4.74 Å². The molecule has 1 aliphatic rings. The SMILES string of the molecule is BrCC1(Cc2cccs2)CCOC1. The molecule has 1 aliphatic heterocycles. The zero-order chi connectivity index (χ0) is 9.15. The Bertz CT molecular complexity index is 252. The molecule has 1 aromatic heterocycles. The molecule has 0 N–H and O–H groups in total. The molecule has 72 valence electrons. The van der Waals surface area contributed by atoms with Crippen molar-refractivity contribution in [3.63, 3.8) is 0 Å². The van der Waals surface area contributed by atoms with Gasteiger partial charge in [0.05, 0.1) is 6.61 Å². The minimum atomic E-state index is 0.366. The molecule has 2 rings (SSSR count). The highest BCUT2D eigenvalue weighted by Gasteiger charge is 2.34. The van der Waals surface area contributed by atoms with E-state index >= 15 is 0 Å². The van der Waals surface area contributed by atoms with E-state index < -0.39 is 0 Å². The number of hydrogen-bond donors (Lipinski definition) is 0. The summed E-state index contributed by atoms with van der Waals surface area (Å²) >= 11 is 5.45. The molecule has 1 atom stereocenters. The molecule has 0 saturated carbocycles. The predicted molar refractivity (Wildman–Crippen MR) is 59.7 cm³/mol. The number of ether oxygens (including phenoxy) is 1. The maximum atomic E-state index is 5.47. The Hall–Kier alpha value is 0.140. The van der Waals surface area contributed by atoms with Crippen molar-refractivity contribution in [1.29, 1.82) is 0 Å². The van der Waals surface area contributed by atoms with Gasteiger partial charge >= 0.3 is 0 Å². The van der Waals surface area contributed by atoms with E-state index in [1.54, 1.807) is 0 Å². The van der Waals surface area contributed by atoms with Crippen LogP contribution in [0.15, 0.2) is 17.5 Å². The Morgan fingerprint density at radius 1 is 1.62 bits per heavy atom. The highest BCUT2D eigenvalue weighted by atomic mass is 79.9. The van der Waals surface area contributed by atoms with Gasteiger partial charge in [-0.1, -0.05) is 22.0 Å². The topological polar surface area (TPSA) is 9.23 Å². The minimum Gasteiger partial charge on any atom is -0.381 e. The quantitative estimate of drug-likeness (QED) is 0.760. The highest BCUT2D eigenvalue weighted by molar-refractivity contribution is 9.09. The number of thiophene rings is 1. The van der Waals surface area contributed by atoms with Gasteiger partial charge in [0.25, 0.3) is 0 Å². The van der Waals surface area contributed by atoms with E-state index in [2.05, 4.69) is 33.4 Å². The van der Waals surface area contributed by atoms with Crippen LogP contribution in [0.2, 0.25) is 0 Å². The Labute approximate surface area is 91.2 Å². The van der Waals surface area contributed by atoms with Crippen molar-refractivity contribution in [2.75, 3.05) is 18.5 Å². The molecular formula is C10H13BrOS. The molecule has 13 heavy (non-hydrogen) atoms. The summed E-state index contributed by atoms with van der Waals surface area (Å²) in [5, 5.41) is 3.20. The third-order valence-corrected chi connectivity index (χ3v) is 4.66. The predicted octanol–water partition coefficient (Wildman–Crippen LogP) is 3.09. The van der Waals surface area contributed by atoms with Crippen LogP contribution in [0.4, 0.5) is 0 Å². The molecule has 0 bridgehead atoms. The maximum absolute atomic E-state index is 5.47. The monoisotopic (exact) mass is 260 g/mol. The smallest absolute Gasteiger partial charge is 0.0534 e. The van der Waals surface area contributed by atoms with Gasteiger partial charge in [0.2, 0.25) is 0 Å². The third-order valence-electron chi connectivity index (χ3n) is 2.60. The molecule has 1 aromatic rings. The molecule has 1 saturated heterocycles. The second-order valence-corrected chi connectivity index (χ2v) is 5.29. The van der Waals surface area contributed by atoms with Crippen LogP contribution in [-0.4, -0.2) is 18.5 Å². The van der Waals surface area contributed by atoms with Crippen molar-refractivity contribution in [3.8, 4) is 0 Å². The van der Waals surface area contributed by atoms with E-state index in [4.69, 9.17) is 4.74 Å². The number of alkyl halides is 1. The lowest BCUT2D eigenvalue weighted by Gasteiger charge is -2.23. The number of hydrogen-bond acceptors (Lipinski definition) is 2. The number of halogens is 1. The van der Waals surface area contributed by atoms with Gasteiger partial charge in [-0.3, -0.25) is 0 Å². The zero-order valence-corrected chi connectivity index (χ0v) is 9.86. The molecule has 3 heteroatoms. The third kappa shape index (κ3) is 2.14. The molecular weight excluding hydrogens is 248 g/mol. The maximum Gasteiger partial charge on any atom is 0.0534 e. The van der Waals surface area contributed by atoms with Crippen LogP contribution in [0.3, 0.4) is 0 Å². The molecule has 0 aromatic carbocycles. The normalized spacial score (nSPS) is 28.1. The lowest BCUT2D eigenvalue weighted by atomic mass is 9.86. The van der Waals surface area contributed by atoms with Gasteiger partial charge in [-0.15, -0.1) is 11.3 Å². The van der Waals surface area contributed by atoms with Crippen molar-refractivity contribution in [3.05, 3.63) is 22.4 Å². The number of rotatable bonds is 3. The molecule has 0 amide bonds. The van der Waals surface area contributed by atoms with Gasteiger partial charge in [0.15, 0.2) is 0 Å². The summed E-state index contributed by atoms with van der Waals surface area (Å²) in [6, 6.07) is 4.34. The van der Waals surface area contributed by atoms with Crippen molar-refractivity contribution in [2.24, 2.45) is 5.41 Å². The second kappa shape index (κ2) is 4.11. The van der Waals surface area contributed by atoms with Crippen LogP contribution in [0, 0.1) is 5.41 Å². The van der Waals surface area contributed by atoms with Gasteiger partial charge in [0, 0.05) is 22.2 Å². The Morgan fingerprint density at radius 3 is 3.08 bits per heavy atom. The lowest BCUT2D eigenvalue weighted by Crippen LogP contribution is -2.25. The van der Waals surface area contributed by atoms with E-state index in [9.17, 15) is 0 Å². The molecule has 0 aliphatic carbocycles. The molecule has 1 fully saturated rings. The van der Waals surface area contributed by atoms with Crippen LogP contribution >= 0.6 is 27.3 Å². The Balaban J connectivity index is 2.06. The molecule has 1 unspecified atom stereocenters. The van der Waals surface area contributed by atoms with Crippen LogP contribution in [-0.2, 0) is 11.2 Å². The molecule has 2 heterocycles. The van der Waals surface area contributed by atoms with Gasteiger partial charge in [-0.25, -0.2) is 0 Å². The fraction of sp³-hybridized carbons (Fsp3) is 0.600. The van der Waals surface area contributed by atoms with Crippen LogP contribution in [0.5, 0.6) is 0 Å². The van der Waals surface area contributed by atoms with Crippen LogP contribution < -0.4 is 0 Å². The molecule has 0 spiro atoms. The summed E-state index contributed by atoms with van der Waals surface area (Å²) in [6.45, 7) is 1.84. The largest absolute Gasteiger partial charge is 0.381 e. The standard InChI is InChI=1S/C10H13BrOS/c11-7-10(3-4-12-8-10)6-9-2-1-5-13-9/h1-2,5H,3-4,6-8H2. The average Bonchev–Trinajstić information content (AvgIpc) is 2.77. The van der Waals surface area contributed by atoms with E-state index in [-0.39, 0.29) is 0 Å². The van der Waals surface area contributed by atoms with E-state index in [1.165, 1.54) is 11.3 Å². The van der Waals surface area contributed by atoms with Gasteiger partial charge in [-0.2, -0.15) is 0 Å². The lowest BCUT2D eigenvalue weighted by molar-refractivity contribution is 0.162. The Morgan fingerprint density at radius 2 is 2.54 bits per heavy atom. The first-order chi connectivity index (χ1) is 6.35. The summed E-state index contributed by atoms with van der Waals surface area (Å²) in [6.07, 6.45) is 2.35. The average molecular weight is 261 g/mol. The highest BCUT2D eigenvalue weighted by Crippen LogP contribution is 2.35. The first kappa shape index (κ1) is 9.69. The van der Waals surface area contributed by atoms with E-state index in [0.717, 1.165) is 25.0 Å². The first-order valence-electron chi connectivity index (χ1n) is 4.51. The summed E-state index contributed by atoms with van der Waals surface area (Å²) < 4.78 is 5.47. The van der Waals surface area contributed by atoms with Crippen LogP contribution in [0.1, 0.15) is 11.3 Å². The van der Waals surface area contributed by atoms with Crippen molar-refractivity contribution < 1.29 is 4.74 Å². The van der Waals surface area contributed by atoms with Crippen molar-refractivity contribution in [2.45, 2.75) is 12.8 Å². The zero-order valence-electron chi connectivity index (χ0n) is 7.46. The van der Waals surface area contributed by atoms with E-state index in [1.807, 2.05) is 11.3 Å². The van der Waals surface area contributed by atoms with Crippen LogP contribution in [0.25, 0.3) is 0 Å². The summed E-state index contributed by atoms with van der Waals surface area (Å²) in [4.78, 5) is 1.48. The van der Waals surface area contributed by atoms with Gasteiger partial charge in [0.1, 0.15) is 0 Å². The van der Waals surface area contributed by atoms with Crippen molar-refractivity contribution >= 4 is 27.3 Å². The summed E-state index contributed by atoms with van der Waals surface area (Å²) in [5.41, 5.74) is 0.366. The Kier molecular flexibility index (Phi) is 3.06.